The van der Waals surface area contributed by atoms with E-state index in [-0.39, 0.29) is 0 Å². The van der Waals surface area contributed by atoms with Gasteiger partial charge in [-0.05, 0) is 53.6 Å². The Bertz CT molecular complexity index is 2500. The molecule has 0 atom stereocenters. The maximum atomic E-state index is 5.14. The van der Waals surface area contributed by atoms with Crippen LogP contribution in [0.5, 0.6) is 0 Å². The lowest BCUT2D eigenvalue weighted by molar-refractivity contribution is 1.16. The monoisotopic (exact) mass is 602 g/mol. The molecule has 220 valence electrons. The molecule has 9 aromatic rings. The molecule has 0 amide bonds. The van der Waals surface area contributed by atoms with Gasteiger partial charge >= 0.3 is 0 Å². The fourth-order valence-corrected chi connectivity index (χ4v) is 6.19. The van der Waals surface area contributed by atoms with Crippen molar-refractivity contribution in [3.8, 4) is 56.4 Å². The molecule has 0 saturated carbocycles. The van der Waals surface area contributed by atoms with E-state index < -0.39 is 0 Å². The summed E-state index contributed by atoms with van der Waals surface area (Å²) in [6.07, 6.45) is 3.84. The van der Waals surface area contributed by atoms with E-state index in [0.29, 0.717) is 5.82 Å². The van der Waals surface area contributed by atoms with Crippen LogP contribution in [-0.2, 0) is 0 Å². The molecule has 0 aliphatic carbocycles. The fraction of sp³-hybridized carbons (Fsp3) is 0. The summed E-state index contributed by atoms with van der Waals surface area (Å²) in [6.45, 7) is 0. The summed E-state index contributed by atoms with van der Waals surface area (Å²) in [5.41, 5.74) is 12.3. The summed E-state index contributed by atoms with van der Waals surface area (Å²) >= 11 is 0. The van der Waals surface area contributed by atoms with Crippen LogP contribution in [0.15, 0.2) is 158 Å². The molecule has 6 heteroatoms. The van der Waals surface area contributed by atoms with E-state index in [9.17, 15) is 0 Å². The normalized spacial score (nSPS) is 11.4. The lowest BCUT2D eigenvalue weighted by atomic mass is 9.99. The highest BCUT2D eigenvalue weighted by Gasteiger charge is 2.17. The van der Waals surface area contributed by atoms with Crippen LogP contribution in [0, 0.1) is 0 Å². The van der Waals surface area contributed by atoms with Gasteiger partial charge in [0.15, 0.2) is 5.82 Å². The number of hydrogen-bond acceptors (Lipinski definition) is 5. The smallest absolute Gasteiger partial charge is 0.160 e. The Morgan fingerprint density at radius 2 is 1.19 bits per heavy atom. The molecular formula is C41H26N6. The van der Waals surface area contributed by atoms with Crippen LogP contribution < -0.4 is 0 Å². The molecule has 47 heavy (non-hydrogen) atoms. The maximum absolute atomic E-state index is 5.14. The van der Waals surface area contributed by atoms with Crippen LogP contribution in [0.2, 0.25) is 0 Å². The van der Waals surface area contributed by atoms with Crippen LogP contribution in [0.25, 0.3) is 84.0 Å². The second-order valence-electron chi connectivity index (χ2n) is 11.4. The minimum absolute atomic E-state index is 0.667. The maximum Gasteiger partial charge on any atom is 0.160 e. The van der Waals surface area contributed by atoms with Crippen molar-refractivity contribution < 1.29 is 0 Å². The van der Waals surface area contributed by atoms with Crippen molar-refractivity contribution in [1.29, 1.82) is 0 Å². The molecule has 4 aromatic carbocycles. The van der Waals surface area contributed by atoms with E-state index in [4.69, 9.17) is 19.9 Å². The Kier molecular flexibility index (Phi) is 6.35. The van der Waals surface area contributed by atoms with Gasteiger partial charge < -0.3 is 0 Å². The van der Waals surface area contributed by atoms with Crippen LogP contribution in [-0.4, -0.2) is 29.3 Å². The Balaban J connectivity index is 1.13. The second-order valence-corrected chi connectivity index (χ2v) is 11.4. The number of fused-ring (bicyclic) bond motifs is 5. The molecular weight excluding hydrogens is 576 g/mol. The van der Waals surface area contributed by atoms with Crippen molar-refractivity contribution >= 4 is 27.6 Å². The Morgan fingerprint density at radius 1 is 0.447 bits per heavy atom. The minimum Gasteiger partial charge on any atom is -0.298 e. The van der Waals surface area contributed by atoms with Crippen molar-refractivity contribution in [2.24, 2.45) is 0 Å². The summed E-state index contributed by atoms with van der Waals surface area (Å²) in [5, 5.41) is 1.05. The molecule has 5 heterocycles. The number of nitrogens with zero attached hydrogens (tertiary/aromatic N) is 6. The third kappa shape index (κ3) is 4.80. The lowest BCUT2D eigenvalue weighted by Gasteiger charge is -2.11. The number of imidazole rings is 1. The number of hydrogen-bond donors (Lipinski definition) is 0. The van der Waals surface area contributed by atoms with Gasteiger partial charge in [-0.2, -0.15) is 0 Å². The molecule has 0 aliphatic heterocycles. The third-order valence-corrected chi connectivity index (χ3v) is 8.48. The number of aromatic nitrogens is 6. The van der Waals surface area contributed by atoms with E-state index in [1.807, 2.05) is 84.9 Å². The second kappa shape index (κ2) is 11.1. The zero-order valence-electron chi connectivity index (χ0n) is 25.2. The van der Waals surface area contributed by atoms with Crippen LogP contribution in [0.3, 0.4) is 0 Å². The van der Waals surface area contributed by atoms with Gasteiger partial charge in [-0.25, -0.2) is 19.9 Å². The first-order valence-corrected chi connectivity index (χ1v) is 15.5. The van der Waals surface area contributed by atoms with E-state index in [1.54, 1.807) is 6.20 Å². The lowest BCUT2D eigenvalue weighted by Crippen LogP contribution is -1.97. The van der Waals surface area contributed by atoms with Gasteiger partial charge in [-0.15, -0.1) is 0 Å². The minimum atomic E-state index is 0.667. The van der Waals surface area contributed by atoms with Gasteiger partial charge in [0.25, 0.3) is 0 Å². The van der Waals surface area contributed by atoms with Gasteiger partial charge in [0.1, 0.15) is 11.2 Å². The first kappa shape index (κ1) is 26.8. The van der Waals surface area contributed by atoms with Crippen molar-refractivity contribution in [1.82, 2.24) is 29.3 Å². The average molecular weight is 603 g/mol. The molecule has 0 bridgehead atoms. The molecule has 0 spiro atoms. The van der Waals surface area contributed by atoms with Crippen molar-refractivity contribution in [2.45, 2.75) is 0 Å². The molecule has 0 unspecified atom stereocenters. The molecule has 0 aliphatic rings. The van der Waals surface area contributed by atoms with E-state index >= 15 is 0 Å². The number of benzene rings is 4. The van der Waals surface area contributed by atoms with E-state index in [2.05, 4.69) is 76.2 Å². The largest absolute Gasteiger partial charge is 0.298 e. The van der Waals surface area contributed by atoms with Crippen molar-refractivity contribution in [3.05, 3.63) is 158 Å². The van der Waals surface area contributed by atoms with Gasteiger partial charge in [-0.1, -0.05) is 103 Å². The van der Waals surface area contributed by atoms with E-state index in [1.165, 1.54) is 0 Å². The number of pyridine rings is 3. The summed E-state index contributed by atoms with van der Waals surface area (Å²) in [7, 11) is 0. The highest BCUT2D eigenvalue weighted by molar-refractivity contribution is 6.09. The molecule has 0 saturated heterocycles. The van der Waals surface area contributed by atoms with Crippen LogP contribution in [0.4, 0.5) is 0 Å². The van der Waals surface area contributed by atoms with Gasteiger partial charge in [0.05, 0.1) is 33.8 Å². The summed E-state index contributed by atoms with van der Waals surface area (Å²) in [4.78, 5) is 24.6. The molecule has 6 nitrogen and oxygen atoms in total. The summed E-state index contributed by atoms with van der Waals surface area (Å²) < 4.78 is 2.13. The molecule has 5 aromatic heterocycles. The number of rotatable bonds is 5. The first-order chi connectivity index (χ1) is 23.3. The highest BCUT2D eigenvalue weighted by atomic mass is 15.0. The predicted octanol–water partition coefficient (Wildman–Crippen LogP) is 9.56. The molecule has 0 N–H and O–H groups in total. The molecule has 0 fully saturated rings. The Morgan fingerprint density at radius 3 is 2.06 bits per heavy atom. The van der Waals surface area contributed by atoms with Crippen LogP contribution in [0.1, 0.15) is 0 Å². The molecule has 9 rings (SSSR count). The van der Waals surface area contributed by atoms with Gasteiger partial charge in [0.2, 0.25) is 0 Å². The van der Waals surface area contributed by atoms with Gasteiger partial charge in [-0.3, -0.25) is 9.38 Å². The molecule has 0 radical (unpaired) electrons. The zero-order valence-corrected chi connectivity index (χ0v) is 25.2. The number of para-hydroxylation sites is 1. The van der Waals surface area contributed by atoms with E-state index in [0.717, 1.165) is 78.2 Å². The van der Waals surface area contributed by atoms with Crippen LogP contribution >= 0.6 is 0 Å². The summed E-state index contributed by atoms with van der Waals surface area (Å²) in [5.74, 6) is 0.667. The zero-order chi connectivity index (χ0) is 31.2. The topological polar surface area (TPSA) is 68.9 Å². The van der Waals surface area contributed by atoms with Crippen molar-refractivity contribution in [3.63, 3.8) is 0 Å². The van der Waals surface area contributed by atoms with Crippen molar-refractivity contribution in [2.75, 3.05) is 0 Å². The third-order valence-electron chi connectivity index (χ3n) is 8.48. The fourth-order valence-electron chi connectivity index (χ4n) is 6.19. The van der Waals surface area contributed by atoms with Gasteiger partial charge in [0, 0.05) is 34.5 Å². The Labute approximate surface area is 270 Å². The Hall–Kier alpha value is -6.53. The standard InChI is InChI=1S/C41H26N6/c1-2-11-29(12-3-1)41-44-35(26-36(45-41)34-17-6-8-23-42-34)31-14-10-13-30(25-31)27-19-21-28(22-20-27)38-40-39(32-15-4-5-16-33(32)43-38)46-37-18-7-9-24-47(37)40/h1-26H. The highest BCUT2D eigenvalue weighted by Crippen LogP contribution is 2.35. The average Bonchev–Trinajstić information content (AvgIpc) is 3.55. The first-order valence-electron chi connectivity index (χ1n) is 15.5. The SMILES string of the molecule is c1ccc(-c2nc(-c3cccc(-c4ccc(-c5nc6ccccc6c6nc7ccccn7c56)cc4)c3)cc(-c3ccccn3)n2)cc1. The predicted molar refractivity (Wildman–Crippen MR) is 189 cm³/mol. The summed E-state index contributed by atoms with van der Waals surface area (Å²) in [6, 6.07) is 49.4. The quantitative estimate of drug-likeness (QED) is 0.196.